The molecule has 2 saturated carbocycles. The molecule has 5 rings (SSSR count). The van der Waals surface area contributed by atoms with E-state index in [1.165, 1.54) is 6.42 Å². The molecule has 0 saturated heterocycles. The van der Waals surface area contributed by atoms with Gasteiger partial charge < -0.3 is 19.5 Å². The van der Waals surface area contributed by atoms with E-state index in [9.17, 15) is 10.1 Å². The third-order valence-corrected chi connectivity index (χ3v) is 7.02. The predicted octanol–water partition coefficient (Wildman–Crippen LogP) is 4.38. The van der Waals surface area contributed by atoms with Crippen molar-refractivity contribution in [3.05, 3.63) is 41.7 Å². The smallest absolute Gasteiger partial charge is 0.407 e. The Morgan fingerprint density at radius 3 is 2.60 bits per heavy atom. The van der Waals surface area contributed by atoms with Crippen molar-refractivity contribution >= 4 is 11.7 Å². The molecule has 1 N–H and O–H groups in total. The van der Waals surface area contributed by atoms with E-state index in [-0.39, 0.29) is 24.2 Å². The van der Waals surface area contributed by atoms with Crippen LogP contribution in [-0.4, -0.2) is 47.6 Å². The summed E-state index contributed by atoms with van der Waals surface area (Å²) < 4.78 is 18.3. The first kappa shape index (κ1) is 23.0. The van der Waals surface area contributed by atoms with Crippen LogP contribution in [0.2, 0.25) is 0 Å². The molecule has 9 heteroatoms. The molecule has 2 heterocycles. The Morgan fingerprint density at radius 1 is 1.14 bits per heavy atom. The summed E-state index contributed by atoms with van der Waals surface area (Å²) in [4.78, 5) is 17.2. The Morgan fingerprint density at radius 2 is 1.91 bits per heavy atom. The molecule has 182 valence electrons. The highest BCUT2D eigenvalue weighted by Gasteiger charge is 2.49. The first-order valence-electron chi connectivity index (χ1n) is 12.0. The van der Waals surface area contributed by atoms with E-state index in [1.54, 1.807) is 24.8 Å². The van der Waals surface area contributed by atoms with Gasteiger partial charge in [-0.15, -0.1) is 5.10 Å². The molecule has 0 unspecified atom stereocenters. The average Bonchev–Trinajstić information content (AvgIpc) is 3.56. The number of hydrogen-bond donors (Lipinski definition) is 1. The van der Waals surface area contributed by atoms with Gasteiger partial charge in [0.2, 0.25) is 0 Å². The zero-order valence-electron chi connectivity index (χ0n) is 20.0. The number of amides is 1. The summed E-state index contributed by atoms with van der Waals surface area (Å²) in [6, 6.07) is 11.5. The standard InChI is InChI=1S/C26H29N5O4/c1-33-21-11-10-20(17-8-9-18(15-27)22(14-17)34-2)31-23(21)29-24(30-31)26(12-13-26)16-35-25(32)28-19-6-4-3-5-7-19/h8-11,14,19H,3-7,12-13,16H2,1-2H3,(H,28,32). The lowest BCUT2D eigenvalue weighted by Gasteiger charge is -2.22. The molecule has 0 aliphatic heterocycles. The van der Waals surface area contributed by atoms with E-state index in [1.807, 2.05) is 24.3 Å². The molecule has 0 bridgehead atoms. The Hall–Kier alpha value is -3.80. The van der Waals surface area contributed by atoms with Crippen LogP contribution in [0.3, 0.4) is 0 Å². The van der Waals surface area contributed by atoms with Crippen molar-refractivity contribution in [1.82, 2.24) is 19.9 Å². The molecular weight excluding hydrogens is 446 g/mol. The van der Waals surface area contributed by atoms with Crippen LogP contribution < -0.4 is 14.8 Å². The summed E-state index contributed by atoms with van der Waals surface area (Å²) >= 11 is 0. The molecule has 1 amide bonds. The SMILES string of the molecule is COc1cc(-c2ccc(OC)c3nc(C4(COC(=O)NC5CCCCC5)CC4)nn23)ccc1C#N. The van der Waals surface area contributed by atoms with Crippen molar-refractivity contribution in [3.63, 3.8) is 0 Å². The van der Waals surface area contributed by atoms with Gasteiger partial charge in [-0.1, -0.05) is 25.3 Å². The van der Waals surface area contributed by atoms with Crippen molar-refractivity contribution in [3.8, 4) is 28.8 Å². The first-order chi connectivity index (χ1) is 17.1. The number of carbonyl (C=O) groups excluding carboxylic acids is 1. The second kappa shape index (κ2) is 9.45. The van der Waals surface area contributed by atoms with Gasteiger partial charge in [-0.2, -0.15) is 5.26 Å². The third kappa shape index (κ3) is 4.48. The number of carbonyl (C=O) groups is 1. The molecule has 3 aromatic rings. The van der Waals surface area contributed by atoms with Crippen LogP contribution in [0.5, 0.6) is 11.5 Å². The van der Waals surface area contributed by atoms with Crippen LogP contribution in [-0.2, 0) is 10.2 Å². The number of pyridine rings is 1. The molecular formula is C26H29N5O4. The molecule has 2 aliphatic carbocycles. The minimum atomic E-state index is -0.388. The van der Waals surface area contributed by atoms with Gasteiger partial charge in [0.15, 0.2) is 17.2 Å². The second-order valence-corrected chi connectivity index (χ2v) is 9.32. The normalized spacial score (nSPS) is 16.9. The minimum Gasteiger partial charge on any atom is -0.495 e. The largest absolute Gasteiger partial charge is 0.495 e. The minimum absolute atomic E-state index is 0.205. The number of aromatic nitrogens is 3. The summed E-state index contributed by atoms with van der Waals surface area (Å²) in [7, 11) is 3.14. The lowest BCUT2D eigenvalue weighted by Crippen LogP contribution is -2.37. The van der Waals surface area contributed by atoms with E-state index >= 15 is 0 Å². The molecule has 0 spiro atoms. The van der Waals surface area contributed by atoms with Crippen molar-refractivity contribution in [2.45, 2.75) is 56.4 Å². The summed E-state index contributed by atoms with van der Waals surface area (Å²) in [5.41, 5.74) is 2.27. The summed E-state index contributed by atoms with van der Waals surface area (Å²) in [5, 5.41) is 17.2. The lowest BCUT2D eigenvalue weighted by atomic mass is 9.96. The van der Waals surface area contributed by atoms with Crippen molar-refractivity contribution in [2.24, 2.45) is 0 Å². The first-order valence-corrected chi connectivity index (χ1v) is 12.0. The number of nitrogens with zero attached hydrogens (tertiary/aromatic N) is 4. The maximum Gasteiger partial charge on any atom is 0.407 e. The second-order valence-electron chi connectivity index (χ2n) is 9.32. The van der Waals surface area contributed by atoms with Crippen molar-refractivity contribution < 1.29 is 19.0 Å². The highest BCUT2D eigenvalue weighted by molar-refractivity contribution is 5.70. The molecule has 35 heavy (non-hydrogen) atoms. The predicted molar refractivity (Wildman–Crippen MR) is 129 cm³/mol. The van der Waals surface area contributed by atoms with Gasteiger partial charge in [0.25, 0.3) is 0 Å². The number of fused-ring (bicyclic) bond motifs is 1. The third-order valence-electron chi connectivity index (χ3n) is 7.02. The summed E-state index contributed by atoms with van der Waals surface area (Å²) in [6.45, 7) is 0.241. The van der Waals surface area contributed by atoms with Crippen molar-refractivity contribution in [2.75, 3.05) is 20.8 Å². The van der Waals surface area contributed by atoms with Gasteiger partial charge >= 0.3 is 6.09 Å². The fraction of sp³-hybridized carbons (Fsp3) is 0.462. The quantitative estimate of drug-likeness (QED) is 0.540. The van der Waals surface area contributed by atoms with Crippen LogP contribution in [0.15, 0.2) is 30.3 Å². The molecule has 2 aromatic heterocycles. The van der Waals surface area contributed by atoms with E-state index < -0.39 is 0 Å². The Balaban J connectivity index is 1.41. The number of benzene rings is 1. The monoisotopic (exact) mass is 475 g/mol. The maximum absolute atomic E-state index is 12.4. The number of nitriles is 1. The number of methoxy groups -OCH3 is 2. The molecule has 9 nitrogen and oxygen atoms in total. The zero-order valence-corrected chi connectivity index (χ0v) is 20.0. The number of nitrogens with one attached hydrogen (secondary N) is 1. The fourth-order valence-corrected chi connectivity index (χ4v) is 4.73. The molecule has 2 aliphatic rings. The number of hydrogen-bond acceptors (Lipinski definition) is 7. The molecule has 0 radical (unpaired) electrons. The Kier molecular flexibility index (Phi) is 6.20. The Bertz CT molecular complexity index is 1280. The van der Waals surface area contributed by atoms with Crippen LogP contribution in [0.25, 0.3) is 16.9 Å². The fourth-order valence-electron chi connectivity index (χ4n) is 4.73. The average molecular weight is 476 g/mol. The van der Waals surface area contributed by atoms with Crippen LogP contribution >= 0.6 is 0 Å². The van der Waals surface area contributed by atoms with Crippen LogP contribution in [0.4, 0.5) is 4.79 Å². The van der Waals surface area contributed by atoms with Gasteiger partial charge in [0.1, 0.15) is 18.4 Å². The highest BCUT2D eigenvalue weighted by Crippen LogP contribution is 2.47. The summed E-state index contributed by atoms with van der Waals surface area (Å²) in [5.74, 6) is 1.72. The zero-order chi connectivity index (χ0) is 24.4. The van der Waals surface area contributed by atoms with E-state index in [0.29, 0.717) is 28.5 Å². The van der Waals surface area contributed by atoms with Crippen LogP contribution in [0, 0.1) is 11.3 Å². The molecule has 1 aromatic carbocycles. The van der Waals surface area contributed by atoms with E-state index in [4.69, 9.17) is 24.3 Å². The van der Waals surface area contributed by atoms with Gasteiger partial charge in [-0.3, -0.25) is 0 Å². The van der Waals surface area contributed by atoms with Gasteiger partial charge in [0.05, 0.1) is 30.9 Å². The molecule has 0 atom stereocenters. The topological polar surface area (TPSA) is 111 Å². The van der Waals surface area contributed by atoms with E-state index in [2.05, 4.69) is 11.4 Å². The number of alkyl carbamates (subject to hydrolysis) is 1. The molecule has 2 fully saturated rings. The van der Waals surface area contributed by atoms with Crippen LogP contribution in [0.1, 0.15) is 56.3 Å². The summed E-state index contributed by atoms with van der Waals surface area (Å²) in [6.07, 6.45) is 6.89. The highest BCUT2D eigenvalue weighted by atomic mass is 16.5. The van der Waals surface area contributed by atoms with E-state index in [0.717, 1.165) is 49.8 Å². The number of ether oxygens (including phenoxy) is 3. The van der Waals surface area contributed by atoms with Gasteiger partial charge in [0, 0.05) is 11.6 Å². The number of rotatable bonds is 7. The maximum atomic E-state index is 12.4. The Labute approximate surface area is 204 Å². The van der Waals surface area contributed by atoms with Gasteiger partial charge in [-0.05, 0) is 49.9 Å². The van der Waals surface area contributed by atoms with Crippen molar-refractivity contribution in [1.29, 1.82) is 5.26 Å². The van der Waals surface area contributed by atoms with Gasteiger partial charge in [-0.25, -0.2) is 14.3 Å². The lowest BCUT2D eigenvalue weighted by molar-refractivity contribution is 0.127.